The van der Waals surface area contributed by atoms with Crippen molar-refractivity contribution < 1.29 is 69.5 Å². The molecule has 0 aromatic carbocycles. The minimum Gasteiger partial charge on any atom is -0.748 e. The molecule has 0 bridgehead atoms. The first-order valence-corrected chi connectivity index (χ1v) is 13.0. The van der Waals surface area contributed by atoms with Crippen LogP contribution in [0.1, 0.15) is 129 Å². The fourth-order valence-electron chi connectivity index (χ4n) is 3.61. The number of aliphatic hydroxyl groups is 1. The first-order chi connectivity index (χ1) is 12.9. The predicted octanol–water partition coefficient (Wildman–Crippen LogP) is 3.33. The van der Waals surface area contributed by atoms with E-state index in [9.17, 15) is 18.1 Å². The second-order valence-corrected chi connectivity index (χ2v) is 9.82. The predicted molar refractivity (Wildman–Crippen MR) is 114 cm³/mol. The molecule has 2 atom stereocenters. The maximum absolute atomic E-state index is 11.3. The molecule has 0 aromatic heterocycles. The Morgan fingerprint density at radius 1 is 0.643 bits per heavy atom. The summed E-state index contributed by atoms with van der Waals surface area (Å²) in [4.78, 5) is 0. The van der Waals surface area contributed by atoms with E-state index in [-0.39, 0.29) is 51.4 Å². The third-order valence-electron chi connectivity index (χ3n) is 5.50. The summed E-state index contributed by atoms with van der Waals surface area (Å²) in [6, 6.07) is 0. The summed E-state index contributed by atoms with van der Waals surface area (Å²) in [5.41, 5.74) is 0. The Hall–Kier alpha value is 1.51. The molecule has 0 fully saturated rings. The van der Waals surface area contributed by atoms with Gasteiger partial charge in [-0.25, -0.2) is 8.42 Å². The van der Waals surface area contributed by atoms with Crippen LogP contribution in [-0.2, 0) is 10.1 Å². The van der Waals surface area contributed by atoms with Gasteiger partial charge in [0.25, 0.3) is 0 Å². The number of hydrogen-bond acceptors (Lipinski definition) is 4. The Balaban J connectivity index is 0. The molecule has 6 heteroatoms. The largest absolute Gasteiger partial charge is 1.00 e. The molecular weight excluding hydrogens is 399 g/mol. The fourth-order valence-corrected chi connectivity index (χ4v) is 4.49. The zero-order valence-corrected chi connectivity index (χ0v) is 22.9. The van der Waals surface area contributed by atoms with Gasteiger partial charge in [0.2, 0.25) is 0 Å². The Kier molecular flexibility index (Phi) is 24.6. The topological polar surface area (TPSA) is 77.4 Å². The third-order valence-corrected chi connectivity index (χ3v) is 6.79. The van der Waals surface area contributed by atoms with Crippen LogP contribution in [0.2, 0.25) is 0 Å². The van der Waals surface area contributed by atoms with Crippen LogP contribution < -0.4 is 51.4 Å². The van der Waals surface area contributed by atoms with Gasteiger partial charge >= 0.3 is 51.4 Å². The van der Waals surface area contributed by atoms with Crippen molar-refractivity contribution in [2.45, 2.75) is 141 Å². The van der Waals surface area contributed by atoms with Crippen molar-refractivity contribution in [2.24, 2.45) is 0 Å². The monoisotopic (exact) mass is 444 g/mol. The summed E-state index contributed by atoms with van der Waals surface area (Å²) >= 11 is 0. The van der Waals surface area contributed by atoms with E-state index in [1.807, 2.05) is 6.92 Å². The number of aliphatic hydroxyl groups excluding tert-OH is 1. The molecule has 0 aliphatic rings. The van der Waals surface area contributed by atoms with Gasteiger partial charge in [0.15, 0.2) is 0 Å². The molecule has 0 rings (SSSR count). The van der Waals surface area contributed by atoms with Crippen molar-refractivity contribution in [3.63, 3.8) is 0 Å². The van der Waals surface area contributed by atoms with Gasteiger partial charge in [0.05, 0.1) is 16.2 Å². The van der Waals surface area contributed by atoms with Crippen LogP contribution in [0.3, 0.4) is 0 Å². The van der Waals surface area contributed by atoms with Crippen LogP contribution in [0.5, 0.6) is 0 Å². The van der Waals surface area contributed by atoms with Crippen LogP contribution >= 0.6 is 0 Å². The second-order valence-electron chi connectivity index (χ2n) is 8.17. The van der Waals surface area contributed by atoms with Crippen LogP contribution in [-0.4, -0.2) is 29.4 Å². The molecule has 0 radical (unpaired) electrons. The van der Waals surface area contributed by atoms with Crippen LogP contribution in [0.25, 0.3) is 0 Å². The number of hydrogen-bond donors (Lipinski definition) is 1. The van der Waals surface area contributed by atoms with Gasteiger partial charge < -0.3 is 9.66 Å². The van der Waals surface area contributed by atoms with Crippen LogP contribution in [0.15, 0.2) is 0 Å². The minimum absolute atomic E-state index is 0. The molecule has 0 amide bonds. The standard InChI is InChI=1S/C22H46O4S.K/c1-3-5-7-8-9-10-11-12-13-14-15-16-17-21(23)19-20-22(18-6-4-2)27(24,25)26;/h21-23H,3-20H2,1-2H3,(H,24,25,26);/q;+1/p-1. The molecule has 1 N–H and O–H groups in total. The molecule has 164 valence electrons. The first kappa shape index (κ1) is 31.7. The Morgan fingerprint density at radius 2 is 1.07 bits per heavy atom. The molecule has 0 saturated heterocycles. The molecule has 0 aliphatic heterocycles. The van der Waals surface area contributed by atoms with Crippen molar-refractivity contribution >= 4 is 10.1 Å². The van der Waals surface area contributed by atoms with Crippen molar-refractivity contribution in [3.8, 4) is 0 Å². The number of unbranched alkanes of at least 4 members (excludes halogenated alkanes) is 12. The molecule has 0 aliphatic carbocycles. The Labute approximate surface area is 218 Å². The summed E-state index contributed by atoms with van der Waals surface area (Å²) in [6.07, 6.45) is 18.5. The quantitative estimate of drug-likeness (QED) is 0.177. The van der Waals surface area contributed by atoms with E-state index in [0.29, 0.717) is 19.3 Å². The third kappa shape index (κ3) is 20.8. The van der Waals surface area contributed by atoms with Gasteiger partial charge in [-0.1, -0.05) is 104 Å². The van der Waals surface area contributed by atoms with Gasteiger partial charge in [-0.05, 0) is 25.7 Å². The smallest absolute Gasteiger partial charge is 0.748 e. The first-order valence-electron chi connectivity index (χ1n) is 11.5. The van der Waals surface area contributed by atoms with E-state index in [1.54, 1.807) is 0 Å². The van der Waals surface area contributed by atoms with Gasteiger partial charge in [0, 0.05) is 5.25 Å². The Morgan fingerprint density at radius 3 is 1.50 bits per heavy atom. The Bertz CT molecular complexity index is 415. The van der Waals surface area contributed by atoms with E-state index in [4.69, 9.17) is 0 Å². The van der Waals surface area contributed by atoms with Crippen molar-refractivity contribution in [1.82, 2.24) is 0 Å². The molecule has 0 heterocycles. The van der Waals surface area contributed by atoms with Crippen molar-refractivity contribution in [1.29, 1.82) is 0 Å². The summed E-state index contributed by atoms with van der Waals surface area (Å²) < 4.78 is 33.9. The van der Waals surface area contributed by atoms with Crippen LogP contribution in [0.4, 0.5) is 0 Å². The van der Waals surface area contributed by atoms with E-state index in [0.717, 1.165) is 32.1 Å². The molecular formula is C22H45KO4S. The zero-order valence-electron chi connectivity index (χ0n) is 19.0. The summed E-state index contributed by atoms with van der Waals surface area (Å²) in [7, 11) is -4.24. The summed E-state index contributed by atoms with van der Waals surface area (Å²) in [5.74, 6) is 0. The molecule has 4 nitrogen and oxygen atoms in total. The summed E-state index contributed by atoms with van der Waals surface area (Å²) in [6.45, 7) is 4.23. The molecule has 0 spiro atoms. The van der Waals surface area contributed by atoms with E-state index in [2.05, 4.69) is 6.92 Å². The van der Waals surface area contributed by atoms with E-state index in [1.165, 1.54) is 64.2 Å². The van der Waals surface area contributed by atoms with Gasteiger partial charge in [-0.2, -0.15) is 0 Å². The van der Waals surface area contributed by atoms with Crippen LogP contribution in [0, 0.1) is 0 Å². The average molecular weight is 445 g/mol. The van der Waals surface area contributed by atoms with Crippen molar-refractivity contribution in [2.75, 3.05) is 0 Å². The fraction of sp³-hybridized carbons (Fsp3) is 1.00. The average Bonchev–Trinajstić information content (AvgIpc) is 2.61. The zero-order chi connectivity index (χ0) is 20.4. The molecule has 0 aromatic rings. The van der Waals surface area contributed by atoms with Gasteiger partial charge in [0.1, 0.15) is 0 Å². The van der Waals surface area contributed by atoms with E-state index < -0.39 is 21.5 Å². The summed E-state index contributed by atoms with van der Waals surface area (Å²) in [5, 5.41) is 9.23. The van der Waals surface area contributed by atoms with Gasteiger partial charge in [-0.15, -0.1) is 0 Å². The molecule has 28 heavy (non-hydrogen) atoms. The van der Waals surface area contributed by atoms with Gasteiger partial charge in [-0.3, -0.25) is 0 Å². The maximum atomic E-state index is 11.3. The number of rotatable bonds is 20. The minimum atomic E-state index is -4.24. The second kappa shape index (κ2) is 21.7. The SMILES string of the molecule is CCCCCCCCCCCCCCC(O)CCC(CCCC)S(=O)(=O)[O-].[K+]. The van der Waals surface area contributed by atoms with Crippen molar-refractivity contribution in [3.05, 3.63) is 0 Å². The maximum Gasteiger partial charge on any atom is 1.00 e. The van der Waals surface area contributed by atoms with E-state index >= 15 is 0 Å². The molecule has 0 saturated carbocycles. The normalized spacial score (nSPS) is 13.9. The molecule has 2 unspecified atom stereocenters.